The van der Waals surface area contributed by atoms with Crippen LogP contribution in [0.1, 0.15) is 60.9 Å². The van der Waals surface area contributed by atoms with Gasteiger partial charge in [-0.3, -0.25) is 0 Å². The highest BCUT2D eigenvalue weighted by Crippen LogP contribution is 2.45. The summed E-state index contributed by atoms with van der Waals surface area (Å²) in [6.45, 7) is 8.14. The Kier molecular flexibility index (Phi) is 6.99. The molecule has 41 heavy (non-hydrogen) atoms. The van der Waals surface area contributed by atoms with Gasteiger partial charge in [-0.15, -0.1) is 0 Å². The van der Waals surface area contributed by atoms with Gasteiger partial charge in [0.1, 0.15) is 48.8 Å². The van der Waals surface area contributed by atoms with E-state index in [1.165, 1.54) is 0 Å². The van der Waals surface area contributed by atoms with E-state index in [4.69, 9.17) is 67.1 Å². The molecule has 6 aliphatic heterocycles. The number of rotatable bonds is 10. The minimum absolute atomic E-state index is 0.196. The Morgan fingerprint density at radius 1 is 0.463 bits per heavy atom. The van der Waals surface area contributed by atoms with Crippen LogP contribution in [0, 0.1) is 0 Å². The van der Waals surface area contributed by atoms with E-state index >= 15 is 0 Å². The number of hydrogen-bond donors (Lipinski definition) is 0. The van der Waals surface area contributed by atoms with Crippen molar-refractivity contribution in [2.24, 2.45) is 0 Å². The number of fused-ring (bicyclic) bond motifs is 6. The maximum atomic E-state index is 8.31. The monoisotopic (exact) mass is 594 g/mol. The average Bonchev–Trinajstić information content (AvgIpc) is 3.57. The van der Waals surface area contributed by atoms with Crippen molar-refractivity contribution in [3.05, 3.63) is 0 Å². The van der Waals surface area contributed by atoms with Gasteiger partial charge in [0, 0.05) is 0 Å². The summed E-state index contributed by atoms with van der Waals surface area (Å²) in [5, 5.41) is 0. The fraction of sp³-hybridized carbons (Fsp3) is 1.00. The van der Waals surface area contributed by atoms with Crippen LogP contribution in [-0.2, 0) is 61.6 Å². The third-order valence-electron chi connectivity index (χ3n) is 7.52. The lowest BCUT2D eigenvalue weighted by molar-refractivity contribution is -0.244. The van der Waals surface area contributed by atoms with Crippen molar-refractivity contribution in [3.8, 4) is 0 Å². The summed E-state index contributed by atoms with van der Waals surface area (Å²) >= 11 is 0. The molecule has 0 aromatic rings. The van der Waals surface area contributed by atoms with E-state index in [0.29, 0.717) is 0 Å². The Hall–Kier alpha value is -0.520. The van der Waals surface area contributed by atoms with Gasteiger partial charge in [-0.05, 0) is 55.4 Å². The molecule has 0 amide bonds. The molecule has 0 unspecified atom stereocenters. The molecule has 0 aromatic heterocycles. The highest BCUT2D eigenvalue weighted by atomic mass is 16.9. The summed E-state index contributed by atoms with van der Waals surface area (Å²) in [5.41, 5.74) is 0. The van der Waals surface area contributed by atoms with Crippen molar-refractivity contribution in [2.75, 3.05) is 39.5 Å². The van der Waals surface area contributed by atoms with Gasteiger partial charge in [0.15, 0.2) is 35.7 Å². The fourth-order valence-electron chi connectivity index (χ4n) is 6.16. The molecule has 0 radical (unpaired) electrons. The van der Waals surface area contributed by atoms with E-state index in [1.807, 2.05) is 0 Å². The predicted octanol–water partition coefficient (Wildman–Crippen LogP) is 1.83. The van der Waals surface area contributed by atoms with Crippen LogP contribution in [0.2, 0.25) is 0 Å². The summed E-state index contributed by atoms with van der Waals surface area (Å²) < 4.78 is 110. The van der Waals surface area contributed by atoms with Crippen molar-refractivity contribution in [1.82, 2.24) is 0 Å². The summed E-state index contributed by atoms with van der Waals surface area (Å²) in [4.78, 5) is 0. The van der Waals surface area contributed by atoms with Gasteiger partial charge in [-0.1, -0.05) is 0 Å². The number of hydrogen-bond acceptors (Lipinski definition) is 13. The second-order valence-electron chi connectivity index (χ2n) is 12.8. The SMILES string of the molecule is [2H]C([2H])(COCC([2H])([2H])OC[C@@H]1O[C@H]2OC(C)(C)O[C@H]2[C@@H]2OC(C)(C)O[C@@H]21)OC[C@@H]1O[C@H]2OC(C)(C)O[C@H]2[C@@H]2OC(C)(C)O[C@@H]21. The van der Waals surface area contributed by atoms with Gasteiger partial charge >= 0.3 is 0 Å². The van der Waals surface area contributed by atoms with Crippen LogP contribution >= 0.6 is 0 Å². The van der Waals surface area contributed by atoms with E-state index in [2.05, 4.69) is 0 Å². The van der Waals surface area contributed by atoms with Crippen molar-refractivity contribution < 1.29 is 67.1 Å². The molecule has 236 valence electrons. The van der Waals surface area contributed by atoms with Gasteiger partial charge in [0.05, 0.1) is 45.0 Å². The van der Waals surface area contributed by atoms with Crippen molar-refractivity contribution in [1.29, 1.82) is 0 Å². The first-order valence-electron chi connectivity index (χ1n) is 16.2. The molecule has 6 rings (SSSR count). The van der Waals surface area contributed by atoms with Crippen LogP contribution in [0.15, 0.2) is 0 Å². The first-order valence-corrected chi connectivity index (χ1v) is 14.2. The molecule has 13 heteroatoms. The van der Waals surface area contributed by atoms with Crippen LogP contribution in [-0.4, -0.2) is 124 Å². The Morgan fingerprint density at radius 2 is 0.805 bits per heavy atom. The predicted molar refractivity (Wildman–Crippen MR) is 138 cm³/mol. The lowest BCUT2D eigenvalue weighted by Gasteiger charge is -2.37. The molecule has 6 heterocycles. The molecule has 0 aromatic carbocycles. The molecule has 0 aliphatic carbocycles. The smallest absolute Gasteiger partial charge is 0.190 e. The average molecular weight is 595 g/mol. The third kappa shape index (κ3) is 6.63. The van der Waals surface area contributed by atoms with Gasteiger partial charge in [-0.2, -0.15) is 0 Å². The van der Waals surface area contributed by atoms with E-state index in [9.17, 15) is 0 Å². The summed E-state index contributed by atoms with van der Waals surface area (Å²) in [7, 11) is 0. The lowest BCUT2D eigenvalue weighted by atomic mass is 9.99. The number of ether oxygens (including phenoxy) is 13. The zero-order valence-corrected chi connectivity index (χ0v) is 24.9. The third-order valence-corrected chi connectivity index (χ3v) is 7.52. The van der Waals surface area contributed by atoms with Gasteiger partial charge in [0.25, 0.3) is 0 Å². The quantitative estimate of drug-likeness (QED) is 0.366. The van der Waals surface area contributed by atoms with Crippen molar-refractivity contribution >= 4 is 0 Å². The minimum Gasteiger partial charge on any atom is -0.377 e. The van der Waals surface area contributed by atoms with Crippen LogP contribution in [0.3, 0.4) is 0 Å². The topological polar surface area (TPSA) is 120 Å². The molecule has 10 atom stereocenters. The van der Waals surface area contributed by atoms with Gasteiger partial charge < -0.3 is 61.6 Å². The first-order chi connectivity index (χ1) is 20.6. The maximum Gasteiger partial charge on any atom is 0.190 e. The molecule has 0 saturated carbocycles. The van der Waals surface area contributed by atoms with Crippen molar-refractivity contribution in [2.45, 2.75) is 140 Å². The molecular weight excluding hydrogens is 544 g/mol. The fourth-order valence-corrected chi connectivity index (χ4v) is 6.16. The Morgan fingerprint density at radius 3 is 1.22 bits per heavy atom. The normalized spacial score (nSPS) is 46.9. The standard InChI is InChI=1S/C28H46O13/c1-25(2)34-17-15(32-23-21(19(17)36-25)38-27(5,6)40-23)13-30-11-9-29-10-12-31-14-16-18-20(37-26(3,4)35-18)22-24(33-16)41-28(7,8)39-22/h15-24H,9-14H2,1-8H3/t15-,16-,17+,18+,19+,20+,21-,22-,23-,24-/m0/s1/i11D2,12D2. The molecular formula is C28H46O13. The summed E-state index contributed by atoms with van der Waals surface area (Å²) in [5.74, 6) is -3.57. The molecule has 6 aliphatic rings. The first kappa shape index (κ1) is 25.8. The van der Waals surface area contributed by atoms with Crippen molar-refractivity contribution in [3.63, 3.8) is 0 Å². The van der Waals surface area contributed by atoms with E-state index < -0.39 is 111 Å². The second kappa shape index (κ2) is 11.1. The van der Waals surface area contributed by atoms with E-state index in [0.717, 1.165) is 0 Å². The zero-order valence-electron chi connectivity index (χ0n) is 28.9. The molecule has 0 N–H and O–H groups in total. The maximum absolute atomic E-state index is 8.31. The summed E-state index contributed by atoms with van der Waals surface area (Å²) in [6.07, 6.45) is -6.09. The highest BCUT2D eigenvalue weighted by molar-refractivity contribution is 5.01. The molecule has 0 spiro atoms. The van der Waals surface area contributed by atoms with Gasteiger partial charge in [0.2, 0.25) is 0 Å². The van der Waals surface area contributed by atoms with Crippen LogP contribution in [0.25, 0.3) is 0 Å². The van der Waals surface area contributed by atoms with Crippen LogP contribution < -0.4 is 0 Å². The van der Waals surface area contributed by atoms with E-state index in [1.54, 1.807) is 55.4 Å². The largest absolute Gasteiger partial charge is 0.377 e. The van der Waals surface area contributed by atoms with Crippen LogP contribution in [0.5, 0.6) is 0 Å². The zero-order chi connectivity index (χ0) is 32.8. The Bertz CT molecular complexity index is 1010. The molecule has 0 bridgehead atoms. The molecule has 6 saturated heterocycles. The summed E-state index contributed by atoms with van der Waals surface area (Å²) in [6, 6.07) is 0. The molecule has 6 fully saturated rings. The second-order valence-corrected chi connectivity index (χ2v) is 12.8. The molecule has 13 nitrogen and oxygen atoms in total. The minimum atomic E-state index is -2.28. The van der Waals surface area contributed by atoms with E-state index in [-0.39, 0.29) is 13.2 Å². The Balaban J connectivity index is 0.987. The lowest BCUT2D eigenvalue weighted by Crippen LogP contribution is -2.56. The Labute approximate surface area is 247 Å². The highest BCUT2D eigenvalue weighted by Gasteiger charge is 2.62. The van der Waals surface area contributed by atoms with Crippen LogP contribution in [0.4, 0.5) is 0 Å². The van der Waals surface area contributed by atoms with Gasteiger partial charge in [-0.25, -0.2) is 0 Å².